The Bertz CT molecular complexity index is 200. The van der Waals surface area contributed by atoms with Gasteiger partial charge in [0.15, 0.2) is 0 Å². The first kappa shape index (κ1) is 18.7. The van der Waals surface area contributed by atoms with Gasteiger partial charge < -0.3 is 35.4 Å². The van der Waals surface area contributed by atoms with Gasteiger partial charge in [-0.2, -0.15) is 0 Å². The van der Waals surface area contributed by atoms with Crippen LogP contribution in [0.1, 0.15) is 26.7 Å². The van der Waals surface area contributed by atoms with Crippen LogP contribution in [0.15, 0.2) is 0 Å². The lowest BCUT2D eigenvalue weighted by molar-refractivity contribution is -0.149. The van der Waals surface area contributed by atoms with Gasteiger partial charge in [-0.05, 0) is 13.8 Å². The van der Waals surface area contributed by atoms with E-state index in [4.69, 9.17) is 14.9 Å². The monoisotopic (exact) mass is 282 g/mol. The van der Waals surface area contributed by atoms with Gasteiger partial charge in [0.2, 0.25) is 0 Å². The molecule has 0 aliphatic heterocycles. The summed E-state index contributed by atoms with van der Waals surface area (Å²) in [5, 5.41) is 55.7. The molecule has 0 amide bonds. The Morgan fingerprint density at radius 3 is 1.26 bits per heavy atom. The number of hydrogen-bond acceptors (Lipinski definition) is 7. The van der Waals surface area contributed by atoms with E-state index in [0.717, 1.165) is 0 Å². The van der Waals surface area contributed by atoms with Crippen LogP contribution in [-0.4, -0.2) is 80.5 Å². The fourth-order valence-electron chi connectivity index (χ4n) is 1.74. The Morgan fingerprint density at radius 1 is 0.737 bits per heavy atom. The van der Waals surface area contributed by atoms with Gasteiger partial charge in [-0.25, -0.2) is 0 Å². The van der Waals surface area contributed by atoms with Crippen LogP contribution in [0.5, 0.6) is 0 Å². The van der Waals surface area contributed by atoms with Crippen molar-refractivity contribution in [3.8, 4) is 0 Å². The Hall–Kier alpha value is -0.280. The average Bonchev–Trinajstić information content (AvgIpc) is 2.33. The summed E-state index contributed by atoms with van der Waals surface area (Å²) < 4.78 is 5.44. The third kappa shape index (κ3) is 7.78. The molecule has 0 aliphatic carbocycles. The van der Waals surface area contributed by atoms with E-state index in [0.29, 0.717) is 0 Å². The topological polar surface area (TPSA) is 131 Å². The Labute approximate surface area is 113 Å². The smallest absolute Gasteiger partial charge is 0.103 e. The molecule has 7 nitrogen and oxygen atoms in total. The highest BCUT2D eigenvalue weighted by Crippen LogP contribution is 2.16. The van der Waals surface area contributed by atoms with Gasteiger partial charge in [0, 0.05) is 12.8 Å². The van der Waals surface area contributed by atoms with Crippen LogP contribution in [0, 0.1) is 0 Å². The molecule has 0 spiro atoms. The standard InChI is InChI=1S/C12H26O7/c1-7(15)3-11(9(17)5-13)19-12(4-8(2)16)10(18)6-14/h7-18H,3-6H2,1-2H3. The number of aliphatic hydroxyl groups excluding tert-OH is 6. The summed E-state index contributed by atoms with van der Waals surface area (Å²) in [4.78, 5) is 0. The number of hydrogen-bond donors (Lipinski definition) is 6. The van der Waals surface area contributed by atoms with Gasteiger partial charge in [-0.3, -0.25) is 0 Å². The lowest BCUT2D eigenvalue weighted by Gasteiger charge is -2.31. The van der Waals surface area contributed by atoms with Gasteiger partial charge >= 0.3 is 0 Å². The maximum Gasteiger partial charge on any atom is 0.103 e. The molecular formula is C12H26O7. The highest BCUT2D eigenvalue weighted by Gasteiger charge is 2.29. The second-order valence-corrected chi connectivity index (χ2v) is 4.88. The zero-order chi connectivity index (χ0) is 15.0. The molecule has 6 unspecified atom stereocenters. The zero-order valence-corrected chi connectivity index (χ0v) is 11.4. The van der Waals surface area contributed by atoms with Crippen molar-refractivity contribution in [3.63, 3.8) is 0 Å². The third-order valence-corrected chi connectivity index (χ3v) is 2.73. The van der Waals surface area contributed by atoms with E-state index in [9.17, 15) is 20.4 Å². The molecule has 0 aromatic rings. The molecular weight excluding hydrogens is 256 g/mol. The van der Waals surface area contributed by atoms with Crippen LogP contribution in [0.3, 0.4) is 0 Å². The summed E-state index contributed by atoms with van der Waals surface area (Å²) in [6, 6.07) is 0. The minimum absolute atomic E-state index is 0.0657. The SMILES string of the molecule is CC(O)CC(OC(CC(C)O)C(O)CO)C(O)CO. The molecule has 19 heavy (non-hydrogen) atoms. The molecule has 0 radical (unpaired) electrons. The van der Waals surface area contributed by atoms with E-state index < -0.39 is 49.8 Å². The van der Waals surface area contributed by atoms with Gasteiger partial charge in [0.05, 0.1) is 37.6 Å². The summed E-state index contributed by atoms with van der Waals surface area (Å²) in [6.07, 6.45) is -5.60. The third-order valence-electron chi connectivity index (χ3n) is 2.73. The normalized spacial score (nSPS) is 21.5. The number of ether oxygens (including phenoxy) is 1. The second-order valence-electron chi connectivity index (χ2n) is 4.88. The molecule has 6 atom stereocenters. The molecule has 7 heteroatoms. The summed E-state index contributed by atoms with van der Waals surface area (Å²) in [5.74, 6) is 0. The first-order valence-corrected chi connectivity index (χ1v) is 6.41. The van der Waals surface area contributed by atoms with E-state index in [1.807, 2.05) is 0 Å². The zero-order valence-electron chi connectivity index (χ0n) is 11.4. The van der Waals surface area contributed by atoms with Gasteiger partial charge in [0.1, 0.15) is 12.2 Å². The minimum atomic E-state index is -1.21. The molecule has 6 N–H and O–H groups in total. The lowest BCUT2D eigenvalue weighted by atomic mass is 10.0. The molecule has 0 aliphatic rings. The second kappa shape index (κ2) is 9.60. The van der Waals surface area contributed by atoms with Crippen LogP contribution in [-0.2, 0) is 4.74 Å². The first-order chi connectivity index (χ1) is 8.81. The average molecular weight is 282 g/mol. The molecule has 116 valence electrons. The maximum absolute atomic E-state index is 9.61. The van der Waals surface area contributed by atoms with E-state index in [-0.39, 0.29) is 12.8 Å². The summed E-state index contributed by atoms with van der Waals surface area (Å²) in [7, 11) is 0. The Morgan fingerprint density at radius 2 is 1.05 bits per heavy atom. The summed E-state index contributed by atoms with van der Waals surface area (Å²) >= 11 is 0. The van der Waals surface area contributed by atoms with Crippen LogP contribution in [0.4, 0.5) is 0 Å². The Balaban J connectivity index is 4.70. The van der Waals surface area contributed by atoms with E-state index in [2.05, 4.69) is 0 Å². The predicted molar refractivity (Wildman–Crippen MR) is 67.4 cm³/mol. The highest BCUT2D eigenvalue weighted by atomic mass is 16.5. The Kier molecular flexibility index (Phi) is 9.46. The fourth-order valence-corrected chi connectivity index (χ4v) is 1.74. The van der Waals surface area contributed by atoms with Gasteiger partial charge in [0.25, 0.3) is 0 Å². The molecule has 0 rings (SSSR count). The van der Waals surface area contributed by atoms with E-state index in [1.165, 1.54) is 13.8 Å². The van der Waals surface area contributed by atoms with Crippen molar-refractivity contribution in [2.45, 2.75) is 63.3 Å². The first-order valence-electron chi connectivity index (χ1n) is 6.41. The van der Waals surface area contributed by atoms with Gasteiger partial charge in [-0.1, -0.05) is 0 Å². The predicted octanol–water partition coefficient (Wildman–Crippen LogP) is -2.01. The highest BCUT2D eigenvalue weighted by molar-refractivity contribution is 4.77. The van der Waals surface area contributed by atoms with Crippen LogP contribution in [0.25, 0.3) is 0 Å². The van der Waals surface area contributed by atoms with Crippen molar-refractivity contribution in [1.82, 2.24) is 0 Å². The van der Waals surface area contributed by atoms with Crippen molar-refractivity contribution >= 4 is 0 Å². The van der Waals surface area contributed by atoms with Crippen molar-refractivity contribution in [3.05, 3.63) is 0 Å². The van der Waals surface area contributed by atoms with E-state index >= 15 is 0 Å². The van der Waals surface area contributed by atoms with Crippen molar-refractivity contribution in [2.75, 3.05) is 13.2 Å². The molecule has 0 aromatic heterocycles. The van der Waals surface area contributed by atoms with Gasteiger partial charge in [-0.15, -0.1) is 0 Å². The maximum atomic E-state index is 9.61. The number of rotatable bonds is 10. The lowest BCUT2D eigenvalue weighted by Crippen LogP contribution is -2.43. The molecule has 0 saturated heterocycles. The quantitative estimate of drug-likeness (QED) is 0.273. The summed E-state index contributed by atoms with van der Waals surface area (Å²) in [6.45, 7) is 1.92. The number of aliphatic hydroxyl groups is 6. The molecule has 0 heterocycles. The van der Waals surface area contributed by atoms with Crippen LogP contribution < -0.4 is 0 Å². The fraction of sp³-hybridized carbons (Fsp3) is 1.00. The van der Waals surface area contributed by atoms with E-state index in [1.54, 1.807) is 0 Å². The van der Waals surface area contributed by atoms with Crippen molar-refractivity contribution in [1.29, 1.82) is 0 Å². The molecule has 0 aromatic carbocycles. The van der Waals surface area contributed by atoms with Crippen molar-refractivity contribution < 1.29 is 35.4 Å². The van der Waals surface area contributed by atoms with Crippen LogP contribution in [0.2, 0.25) is 0 Å². The minimum Gasteiger partial charge on any atom is -0.394 e. The summed E-state index contributed by atoms with van der Waals surface area (Å²) in [5.41, 5.74) is 0. The molecule has 0 fully saturated rings. The largest absolute Gasteiger partial charge is 0.394 e. The van der Waals surface area contributed by atoms with Crippen molar-refractivity contribution in [2.24, 2.45) is 0 Å². The molecule has 0 saturated carbocycles. The molecule has 0 bridgehead atoms. The van der Waals surface area contributed by atoms with Crippen LogP contribution >= 0.6 is 0 Å².